The van der Waals surface area contributed by atoms with Crippen LogP contribution in [0.4, 0.5) is 3.89 Å². The maximum absolute atomic E-state index is 12.6. The van der Waals surface area contributed by atoms with Crippen LogP contribution in [0.3, 0.4) is 0 Å². The molecule has 1 aliphatic rings. The van der Waals surface area contributed by atoms with Crippen LogP contribution in [0.2, 0.25) is 0 Å². The fourth-order valence-electron chi connectivity index (χ4n) is 1.54. The molecule has 0 aromatic rings. The molecule has 1 heterocycles. The maximum Gasteiger partial charge on any atom is 0.307 e. The van der Waals surface area contributed by atoms with Gasteiger partial charge in [-0.15, -0.1) is 3.89 Å². The summed E-state index contributed by atoms with van der Waals surface area (Å²) >= 11 is 1.66. The minimum atomic E-state index is -4.57. The summed E-state index contributed by atoms with van der Waals surface area (Å²) in [6, 6.07) is 0. The SMILES string of the molecule is CSCCCN1CC(S(=O)(=O)F)CC1=O. The van der Waals surface area contributed by atoms with Crippen LogP contribution in [0, 0.1) is 0 Å². The Balaban J connectivity index is 2.46. The summed E-state index contributed by atoms with van der Waals surface area (Å²) in [6.07, 6.45) is 2.56. The zero-order chi connectivity index (χ0) is 11.5. The number of nitrogens with zero attached hydrogens (tertiary/aromatic N) is 1. The maximum atomic E-state index is 12.6. The van der Waals surface area contributed by atoms with Crippen molar-refractivity contribution in [3.8, 4) is 0 Å². The van der Waals surface area contributed by atoms with Gasteiger partial charge in [0.15, 0.2) is 0 Å². The van der Waals surface area contributed by atoms with Gasteiger partial charge in [-0.2, -0.15) is 20.2 Å². The van der Waals surface area contributed by atoms with Gasteiger partial charge in [-0.1, -0.05) is 0 Å². The summed E-state index contributed by atoms with van der Waals surface area (Å²) in [5.41, 5.74) is 0. The van der Waals surface area contributed by atoms with Gasteiger partial charge in [0.05, 0.1) is 0 Å². The molecule has 0 aromatic heterocycles. The highest BCUT2D eigenvalue weighted by Crippen LogP contribution is 2.19. The van der Waals surface area contributed by atoms with Gasteiger partial charge in [-0.05, 0) is 18.4 Å². The quantitative estimate of drug-likeness (QED) is 0.534. The standard InChI is InChI=1S/C8H14FNO3S2/c1-14-4-2-3-10-6-7(5-8(10)11)15(9,12)13/h7H,2-6H2,1H3. The number of rotatable bonds is 5. The molecule has 1 unspecified atom stereocenters. The second-order valence-electron chi connectivity index (χ2n) is 3.49. The third kappa shape index (κ3) is 3.64. The lowest BCUT2D eigenvalue weighted by molar-refractivity contribution is -0.127. The third-order valence-corrected chi connectivity index (χ3v) is 4.16. The van der Waals surface area contributed by atoms with Crippen molar-refractivity contribution < 1.29 is 17.1 Å². The predicted molar refractivity (Wildman–Crippen MR) is 58.0 cm³/mol. The first-order valence-corrected chi connectivity index (χ1v) is 7.49. The minimum absolute atomic E-state index is 0.00600. The predicted octanol–water partition coefficient (Wildman–Crippen LogP) is 0.640. The first-order chi connectivity index (χ1) is 6.95. The van der Waals surface area contributed by atoms with Crippen molar-refractivity contribution in [2.75, 3.05) is 25.1 Å². The average molecular weight is 255 g/mol. The van der Waals surface area contributed by atoms with Crippen LogP contribution in [-0.2, 0) is 15.0 Å². The minimum Gasteiger partial charge on any atom is -0.341 e. The van der Waals surface area contributed by atoms with E-state index in [0.29, 0.717) is 6.54 Å². The molecule has 0 N–H and O–H groups in total. The van der Waals surface area contributed by atoms with Crippen molar-refractivity contribution in [1.82, 2.24) is 4.90 Å². The topological polar surface area (TPSA) is 54.5 Å². The zero-order valence-electron chi connectivity index (χ0n) is 8.48. The molecule has 1 saturated heterocycles. The van der Waals surface area contributed by atoms with Gasteiger partial charge in [0.1, 0.15) is 5.25 Å². The molecular formula is C8H14FNO3S2. The molecule has 0 bridgehead atoms. The largest absolute Gasteiger partial charge is 0.341 e. The number of halogens is 1. The molecule has 88 valence electrons. The molecule has 1 rings (SSSR count). The van der Waals surface area contributed by atoms with E-state index in [1.165, 1.54) is 4.90 Å². The van der Waals surface area contributed by atoms with Crippen LogP contribution in [0.5, 0.6) is 0 Å². The highest BCUT2D eigenvalue weighted by molar-refractivity contribution is 7.98. The Morgan fingerprint density at radius 2 is 2.27 bits per heavy atom. The average Bonchev–Trinajstić information content (AvgIpc) is 2.48. The van der Waals surface area contributed by atoms with Gasteiger partial charge in [0.2, 0.25) is 5.91 Å². The smallest absolute Gasteiger partial charge is 0.307 e. The summed E-state index contributed by atoms with van der Waals surface area (Å²) in [5.74, 6) is 0.652. The monoisotopic (exact) mass is 255 g/mol. The number of carbonyl (C=O) groups excluding carboxylic acids is 1. The van der Waals surface area contributed by atoms with Gasteiger partial charge in [-0.3, -0.25) is 4.79 Å². The second-order valence-corrected chi connectivity index (χ2v) is 6.09. The Morgan fingerprint density at radius 3 is 2.73 bits per heavy atom. The molecule has 15 heavy (non-hydrogen) atoms. The van der Waals surface area contributed by atoms with E-state index in [1.807, 2.05) is 6.26 Å². The summed E-state index contributed by atoms with van der Waals surface area (Å²) < 4.78 is 33.8. The van der Waals surface area contributed by atoms with E-state index < -0.39 is 15.5 Å². The zero-order valence-corrected chi connectivity index (χ0v) is 10.1. The lowest BCUT2D eigenvalue weighted by atomic mass is 10.4. The van der Waals surface area contributed by atoms with E-state index in [2.05, 4.69) is 0 Å². The molecule has 4 nitrogen and oxygen atoms in total. The van der Waals surface area contributed by atoms with Crippen LogP contribution < -0.4 is 0 Å². The molecule has 0 aromatic carbocycles. The first-order valence-electron chi connectivity index (χ1n) is 4.65. The van der Waals surface area contributed by atoms with Crippen molar-refractivity contribution >= 4 is 27.9 Å². The molecule has 0 aliphatic carbocycles. The molecule has 0 radical (unpaired) electrons. The third-order valence-electron chi connectivity index (χ3n) is 2.35. The Kier molecular flexibility index (Phi) is 4.39. The fourth-order valence-corrected chi connectivity index (χ4v) is 2.66. The van der Waals surface area contributed by atoms with Crippen LogP contribution in [0.25, 0.3) is 0 Å². The normalized spacial score (nSPS) is 22.4. The van der Waals surface area contributed by atoms with E-state index in [1.54, 1.807) is 11.8 Å². The highest BCUT2D eigenvalue weighted by atomic mass is 32.3. The first kappa shape index (κ1) is 12.8. The number of thioether (sulfide) groups is 1. The summed E-state index contributed by atoms with van der Waals surface area (Å²) in [5, 5.41) is -1.15. The number of amides is 1. The van der Waals surface area contributed by atoms with Gasteiger partial charge in [-0.25, -0.2) is 0 Å². The van der Waals surface area contributed by atoms with E-state index in [-0.39, 0.29) is 18.9 Å². The Bertz CT molecular complexity index is 331. The van der Waals surface area contributed by atoms with Gasteiger partial charge in [0.25, 0.3) is 0 Å². The lowest BCUT2D eigenvalue weighted by Crippen LogP contribution is -2.28. The fraction of sp³-hybridized carbons (Fsp3) is 0.875. The Hall–Kier alpha value is -0.300. The van der Waals surface area contributed by atoms with Crippen LogP contribution in [0.1, 0.15) is 12.8 Å². The molecule has 1 amide bonds. The molecule has 1 aliphatic heterocycles. The van der Waals surface area contributed by atoms with E-state index in [9.17, 15) is 17.1 Å². The summed E-state index contributed by atoms with van der Waals surface area (Å²) in [6.45, 7) is 0.526. The number of hydrogen-bond acceptors (Lipinski definition) is 4. The Morgan fingerprint density at radius 1 is 1.60 bits per heavy atom. The molecule has 1 fully saturated rings. The van der Waals surface area contributed by atoms with Crippen molar-refractivity contribution in [1.29, 1.82) is 0 Å². The van der Waals surface area contributed by atoms with Crippen molar-refractivity contribution in [3.05, 3.63) is 0 Å². The van der Waals surface area contributed by atoms with Crippen LogP contribution >= 0.6 is 11.8 Å². The van der Waals surface area contributed by atoms with Gasteiger partial charge in [0, 0.05) is 19.5 Å². The van der Waals surface area contributed by atoms with E-state index in [4.69, 9.17) is 0 Å². The van der Waals surface area contributed by atoms with Crippen molar-refractivity contribution in [2.45, 2.75) is 18.1 Å². The lowest BCUT2D eigenvalue weighted by Gasteiger charge is -2.14. The second kappa shape index (κ2) is 5.16. The van der Waals surface area contributed by atoms with E-state index >= 15 is 0 Å². The van der Waals surface area contributed by atoms with Crippen LogP contribution in [-0.4, -0.2) is 49.6 Å². The molecular weight excluding hydrogens is 241 g/mol. The molecule has 7 heteroatoms. The number of carbonyl (C=O) groups is 1. The number of likely N-dealkylation sites (tertiary alicyclic amines) is 1. The highest BCUT2D eigenvalue weighted by Gasteiger charge is 2.37. The molecule has 1 atom stereocenters. The van der Waals surface area contributed by atoms with Crippen LogP contribution in [0.15, 0.2) is 0 Å². The van der Waals surface area contributed by atoms with E-state index in [0.717, 1.165) is 12.2 Å². The van der Waals surface area contributed by atoms with Gasteiger partial charge >= 0.3 is 10.2 Å². The van der Waals surface area contributed by atoms with Crippen molar-refractivity contribution in [2.24, 2.45) is 0 Å². The summed E-state index contributed by atoms with van der Waals surface area (Å²) in [7, 11) is -4.57. The molecule has 0 saturated carbocycles. The molecule has 0 spiro atoms. The van der Waals surface area contributed by atoms with Crippen molar-refractivity contribution in [3.63, 3.8) is 0 Å². The Labute approximate surface area is 93.4 Å². The summed E-state index contributed by atoms with van der Waals surface area (Å²) in [4.78, 5) is 12.7. The number of hydrogen-bond donors (Lipinski definition) is 0. The van der Waals surface area contributed by atoms with Gasteiger partial charge < -0.3 is 4.90 Å².